The molecule has 0 atom stereocenters. The van der Waals surface area contributed by atoms with Crippen molar-refractivity contribution in [3.8, 4) is 5.75 Å². The Hall–Kier alpha value is -3.06. The van der Waals surface area contributed by atoms with Crippen LogP contribution >= 0.6 is 11.6 Å². The minimum atomic E-state index is -3.19. The van der Waals surface area contributed by atoms with E-state index in [4.69, 9.17) is 21.1 Å². The second-order valence-electron chi connectivity index (χ2n) is 5.01. The maximum atomic E-state index is 12.6. The molecule has 11 nitrogen and oxygen atoms in total. The summed E-state index contributed by atoms with van der Waals surface area (Å²) in [4.78, 5) is 24.3. The van der Waals surface area contributed by atoms with Gasteiger partial charge in [0.15, 0.2) is 5.75 Å². The highest BCUT2D eigenvalue weighted by Crippen LogP contribution is 2.36. The van der Waals surface area contributed by atoms with Crippen molar-refractivity contribution in [2.75, 3.05) is 31.0 Å². The number of alkyl halides is 2. The predicted octanol–water partition coefficient (Wildman–Crippen LogP) is 1.91. The van der Waals surface area contributed by atoms with Crippen LogP contribution in [0, 0.1) is 0 Å². The predicted molar refractivity (Wildman–Crippen MR) is 91.7 cm³/mol. The first-order valence-electron chi connectivity index (χ1n) is 7.57. The first-order chi connectivity index (χ1) is 13.3. The number of anilines is 2. The van der Waals surface area contributed by atoms with Crippen LogP contribution in [0.4, 0.5) is 25.2 Å². The molecule has 0 bridgehead atoms. The summed E-state index contributed by atoms with van der Waals surface area (Å²) < 4.78 is 40.3. The highest BCUT2D eigenvalue weighted by Gasteiger charge is 2.22. The van der Waals surface area contributed by atoms with Crippen molar-refractivity contribution in [3.63, 3.8) is 0 Å². The van der Waals surface area contributed by atoms with Crippen LogP contribution in [0.5, 0.6) is 5.75 Å². The number of rotatable bonds is 8. The number of methoxy groups -OCH3 is 1. The topological polar surface area (TPSA) is 129 Å². The Labute approximate surface area is 161 Å². The third-order valence-corrected chi connectivity index (χ3v) is 3.55. The van der Waals surface area contributed by atoms with Crippen molar-refractivity contribution in [3.05, 3.63) is 22.7 Å². The molecule has 0 unspecified atom stereocenters. The number of nitrogens with one attached hydrogen (secondary N) is 2. The van der Waals surface area contributed by atoms with Crippen LogP contribution in [0.1, 0.15) is 10.4 Å². The lowest BCUT2D eigenvalue weighted by Gasteiger charge is -2.16. The van der Waals surface area contributed by atoms with Crippen LogP contribution in [0.25, 0.3) is 0 Å². The SMILES string of the molecule is COCCOC(=O)Nc1c(OC(F)F)ccc(C(=O)Nc2nnnn2C)c1Cl. The van der Waals surface area contributed by atoms with E-state index in [2.05, 4.69) is 30.9 Å². The van der Waals surface area contributed by atoms with Gasteiger partial charge in [-0.1, -0.05) is 16.7 Å². The minimum absolute atomic E-state index is 0.0162. The normalized spacial score (nSPS) is 10.6. The molecule has 28 heavy (non-hydrogen) atoms. The molecule has 0 saturated heterocycles. The largest absolute Gasteiger partial charge is 0.447 e. The Morgan fingerprint density at radius 2 is 2.04 bits per heavy atom. The van der Waals surface area contributed by atoms with Gasteiger partial charge in [-0.25, -0.2) is 9.48 Å². The van der Waals surface area contributed by atoms with Crippen LogP contribution in [0.3, 0.4) is 0 Å². The summed E-state index contributed by atoms with van der Waals surface area (Å²) >= 11 is 6.14. The second kappa shape index (κ2) is 9.75. The lowest BCUT2D eigenvalue weighted by molar-refractivity contribution is -0.0493. The number of nitrogens with zero attached hydrogens (tertiary/aromatic N) is 4. The van der Waals surface area contributed by atoms with E-state index < -0.39 is 24.4 Å². The third-order valence-electron chi connectivity index (χ3n) is 3.16. The Kier molecular flexibility index (Phi) is 7.40. The van der Waals surface area contributed by atoms with Crippen molar-refractivity contribution in [1.29, 1.82) is 0 Å². The van der Waals surface area contributed by atoms with E-state index in [9.17, 15) is 18.4 Å². The van der Waals surface area contributed by atoms with Gasteiger partial charge in [0.25, 0.3) is 5.91 Å². The van der Waals surface area contributed by atoms with E-state index in [0.29, 0.717) is 0 Å². The zero-order chi connectivity index (χ0) is 20.7. The highest BCUT2D eigenvalue weighted by atomic mass is 35.5. The molecule has 1 heterocycles. The molecule has 1 aromatic carbocycles. The number of aryl methyl sites for hydroxylation is 1. The first kappa shape index (κ1) is 21.2. The number of amides is 2. The zero-order valence-electron chi connectivity index (χ0n) is 14.6. The molecule has 0 radical (unpaired) electrons. The standard InChI is InChI=1S/C14H15ClF2N6O5/c1-23-13(20-21-22-23)19-11(24)7-3-4-8(28-12(16)17)10(9(7)15)18-14(25)27-6-5-26-2/h3-4,12H,5-6H2,1-2H3,(H,18,25)(H,19,20,22,24). The van der Waals surface area contributed by atoms with E-state index in [-0.39, 0.29) is 35.4 Å². The smallest absolute Gasteiger partial charge is 0.411 e. The van der Waals surface area contributed by atoms with Gasteiger partial charge in [0.2, 0.25) is 5.95 Å². The van der Waals surface area contributed by atoms with Crippen molar-refractivity contribution >= 4 is 35.2 Å². The fourth-order valence-electron chi connectivity index (χ4n) is 1.90. The summed E-state index contributed by atoms with van der Waals surface area (Å²) in [5, 5.41) is 14.7. The van der Waals surface area contributed by atoms with Crippen LogP contribution < -0.4 is 15.4 Å². The van der Waals surface area contributed by atoms with E-state index in [0.717, 1.165) is 12.1 Å². The average Bonchev–Trinajstić information content (AvgIpc) is 3.02. The number of carbonyl (C=O) groups is 2. The van der Waals surface area contributed by atoms with Gasteiger partial charge in [-0.2, -0.15) is 8.78 Å². The maximum absolute atomic E-state index is 12.6. The van der Waals surface area contributed by atoms with Gasteiger partial charge in [-0.15, -0.1) is 0 Å². The van der Waals surface area contributed by atoms with Crippen LogP contribution in [-0.4, -0.2) is 59.1 Å². The molecule has 0 aliphatic carbocycles. The molecular weight excluding hydrogens is 406 g/mol. The zero-order valence-corrected chi connectivity index (χ0v) is 15.4. The monoisotopic (exact) mass is 420 g/mol. The van der Waals surface area contributed by atoms with Crippen LogP contribution in [-0.2, 0) is 16.5 Å². The fraction of sp³-hybridized carbons (Fsp3) is 0.357. The molecule has 2 rings (SSSR count). The summed E-state index contributed by atoms with van der Waals surface area (Å²) in [6.45, 7) is -3.16. The lowest BCUT2D eigenvalue weighted by Crippen LogP contribution is -2.20. The molecule has 2 amide bonds. The Morgan fingerprint density at radius 3 is 2.64 bits per heavy atom. The maximum Gasteiger partial charge on any atom is 0.411 e. The number of carbonyl (C=O) groups excluding carboxylic acids is 2. The average molecular weight is 421 g/mol. The van der Waals surface area contributed by atoms with Gasteiger partial charge in [0.05, 0.1) is 17.2 Å². The molecule has 0 aliphatic rings. The molecule has 2 N–H and O–H groups in total. The molecule has 0 saturated carbocycles. The number of tetrazole rings is 1. The van der Waals surface area contributed by atoms with Crippen molar-refractivity contribution in [2.45, 2.75) is 6.61 Å². The summed E-state index contributed by atoms with van der Waals surface area (Å²) in [5.74, 6) is -1.19. The number of halogens is 3. The molecule has 0 aliphatic heterocycles. The van der Waals surface area contributed by atoms with Gasteiger partial charge in [0.1, 0.15) is 12.3 Å². The van der Waals surface area contributed by atoms with Crippen LogP contribution in [0.15, 0.2) is 12.1 Å². The molecule has 152 valence electrons. The minimum Gasteiger partial charge on any atom is -0.447 e. The van der Waals surface area contributed by atoms with Gasteiger partial charge in [-0.05, 0) is 22.6 Å². The van der Waals surface area contributed by atoms with E-state index >= 15 is 0 Å². The van der Waals surface area contributed by atoms with Crippen molar-refractivity contribution in [1.82, 2.24) is 20.2 Å². The number of hydrogen-bond donors (Lipinski definition) is 2. The lowest BCUT2D eigenvalue weighted by atomic mass is 10.1. The fourth-order valence-corrected chi connectivity index (χ4v) is 2.19. The molecule has 0 spiro atoms. The van der Waals surface area contributed by atoms with Crippen molar-refractivity contribution in [2.24, 2.45) is 7.05 Å². The quantitative estimate of drug-likeness (QED) is 0.619. The summed E-state index contributed by atoms with van der Waals surface area (Å²) in [7, 11) is 2.89. The number of ether oxygens (including phenoxy) is 3. The van der Waals surface area contributed by atoms with Gasteiger partial charge < -0.3 is 14.2 Å². The number of benzene rings is 1. The molecular formula is C14H15ClF2N6O5. The number of aromatic nitrogens is 4. The first-order valence-corrected chi connectivity index (χ1v) is 7.95. The van der Waals surface area contributed by atoms with E-state index in [1.54, 1.807) is 0 Å². The summed E-state index contributed by atoms with van der Waals surface area (Å²) in [6, 6.07) is 2.19. The number of hydrogen-bond acceptors (Lipinski definition) is 8. The van der Waals surface area contributed by atoms with Gasteiger partial charge in [-0.3, -0.25) is 15.4 Å². The van der Waals surface area contributed by atoms with E-state index in [1.807, 2.05) is 0 Å². The van der Waals surface area contributed by atoms with Crippen LogP contribution in [0.2, 0.25) is 5.02 Å². The summed E-state index contributed by atoms with van der Waals surface area (Å²) in [5.41, 5.74) is -0.522. The molecule has 2 aromatic rings. The van der Waals surface area contributed by atoms with E-state index in [1.165, 1.54) is 18.8 Å². The Bertz CT molecular complexity index is 850. The van der Waals surface area contributed by atoms with Gasteiger partial charge >= 0.3 is 12.7 Å². The molecule has 14 heteroatoms. The summed E-state index contributed by atoms with van der Waals surface area (Å²) in [6.07, 6.45) is -1.01. The van der Waals surface area contributed by atoms with Crippen molar-refractivity contribution < 1.29 is 32.6 Å². The second-order valence-corrected chi connectivity index (χ2v) is 5.39. The highest BCUT2D eigenvalue weighted by molar-refractivity contribution is 6.37. The third kappa shape index (κ3) is 5.47. The molecule has 0 fully saturated rings. The van der Waals surface area contributed by atoms with Gasteiger partial charge in [0, 0.05) is 14.2 Å². The molecule has 1 aromatic heterocycles. The Balaban J connectivity index is 2.28. The Morgan fingerprint density at radius 1 is 1.29 bits per heavy atom.